The summed E-state index contributed by atoms with van der Waals surface area (Å²) >= 11 is 1.61. The number of imidazole rings is 1. The average molecular weight is 285 g/mol. The van der Waals surface area contributed by atoms with Crippen molar-refractivity contribution >= 4 is 28.3 Å². The van der Waals surface area contributed by atoms with Crippen molar-refractivity contribution in [2.45, 2.75) is 12.8 Å². The highest BCUT2D eigenvalue weighted by Gasteiger charge is 2.04. The Morgan fingerprint density at radius 2 is 2.30 bits per heavy atom. The quantitative estimate of drug-likeness (QED) is 0.757. The van der Waals surface area contributed by atoms with Crippen molar-refractivity contribution in [3.05, 3.63) is 52.5 Å². The lowest BCUT2D eigenvalue weighted by molar-refractivity contribution is -0.120. The van der Waals surface area contributed by atoms with Crippen LogP contribution in [0.4, 0.5) is 0 Å². The van der Waals surface area contributed by atoms with Gasteiger partial charge in [0.25, 0.3) is 0 Å². The van der Waals surface area contributed by atoms with Crippen LogP contribution < -0.4 is 5.32 Å². The summed E-state index contributed by atoms with van der Waals surface area (Å²) in [6, 6.07) is 10.1. The molecule has 1 aromatic carbocycles. The molecule has 0 unspecified atom stereocenters. The molecule has 2 heterocycles. The molecule has 5 heteroatoms. The van der Waals surface area contributed by atoms with Gasteiger partial charge in [0.2, 0.25) is 5.91 Å². The fourth-order valence-corrected chi connectivity index (χ4v) is 2.82. The van der Waals surface area contributed by atoms with Crippen LogP contribution >= 0.6 is 11.3 Å². The normalized spacial score (nSPS) is 10.8. The molecule has 0 fully saturated rings. The van der Waals surface area contributed by atoms with Crippen molar-refractivity contribution in [2.75, 3.05) is 6.54 Å². The Kier molecular flexibility index (Phi) is 3.78. The summed E-state index contributed by atoms with van der Waals surface area (Å²) in [5.41, 5.74) is 3.20. The second-order valence-corrected chi connectivity index (χ2v) is 5.64. The van der Waals surface area contributed by atoms with Gasteiger partial charge in [0.15, 0.2) is 0 Å². The van der Waals surface area contributed by atoms with Crippen molar-refractivity contribution in [3.8, 4) is 0 Å². The molecular weight excluding hydrogens is 270 g/mol. The fraction of sp³-hybridized carbons (Fsp3) is 0.200. The highest BCUT2D eigenvalue weighted by Crippen LogP contribution is 2.12. The third-order valence-electron chi connectivity index (χ3n) is 3.14. The molecule has 0 saturated heterocycles. The van der Waals surface area contributed by atoms with Crippen LogP contribution in [0.25, 0.3) is 11.0 Å². The van der Waals surface area contributed by atoms with Gasteiger partial charge in [-0.3, -0.25) is 4.79 Å². The zero-order valence-corrected chi connectivity index (χ0v) is 11.7. The van der Waals surface area contributed by atoms with Gasteiger partial charge in [0, 0.05) is 11.4 Å². The number of carbonyl (C=O) groups excluding carboxylic acids is 1. The van der Waals surface area contributed by atoms with Crippen LogP contribution in [-0.2, 0) is 17.6 Å². The Morgan fingerprint density at radius 1 is 1.35 bits per heavy atom. The van der Waals surface area contributed by atoms with Gasteiger partial charge in [-0.15, -0.1) is 11.3 Å². The number of fused-ring (bicyclic) bond motifs is 1. The molecule has 4 nitrogen and oxygen atoms in total. The van der Waals surface area contributed by atoms with Crippen LogP contribution in [0.5, 0.6) is 0 Å². The lowest BCUT2D eigenvalue weighted by Gasteiger charge is -2.04. The summed E-state index contributed by atoms with van der Waals surface area (Å²) in [5.74, 6) is 0.0788. The zero-order valence-electron chi connectivity index (χ0n) is 10.9. The number of hydrogen-bond acceptors (Lipinski definition) is 3. The zero-order chi connectivity index (χ0) is 13.8. The van der Waals surface area contributed by atoms with E-state index in [4.69, 9.17) is 0 Å². The van der Waals surface area contributed by atoms with E-state index >= 15 is 0 Å². The topological polar surface area (TPSA) is 57.8 Å². The Labute approximate surface area is 120 Å². The second-order valence-electron chi connectivity index (χ2n) is 4.61. The number of carbonyl (C=O) groups is 1. The SMILES string of the molecule is O=C(Cc1cccs1)NCCc1ccc2nc[nH]c2c1. The van der Waals surface area contributed by atoms with E-state index in [1.165, 1.54) is 5.56 Å². The lowest BCUT2D eigenvalue weighted by Crippen LogP contribution is -2.26. The third-order valence-corrected chi connectivity index (χ3v) is 4.01. The molecule has 0 aliphatic rings. The van der Waals surface area contributed by atoms with Crippen LogP contribution in [0.15, 0.2) is 42.0 Å². The van der Waals surface area contributed by atoms with E-state index in [2.05, 4.69) is 27.4 Å². The lowest BCUT2D eigenvalue weighted by atomic mass is 10.1. The van der Waals surface area contributed by atoms with E-state index in [1.807, 2.05) is 23.6 Å². The van der Waals surface area contributed by atoms with Crippen molar-refractivity contribution in [2.24, 2.45) is 0 Å². The Morgan fingerprint density at radius 3 is 3.15 bits per heavy atom. The highest BCUT2D eigenvalue weighted by atomic mass is 32.1. The van der Waals surface area contributed by atoms with Crippen molar-refractivity contribution in [1.29, 1.82) is 0 Å². The molecule has 0 spiro atoms. The van der Waals surface area contributed by atoms with E-state index < -0.39 is 0 Å². The summed E-state index contributed by atoms with van der Waals surface area (Å²) in [6.45, 7) is 0.657. The van der Waals surface area contributed by atoms with Crippen LogP contribution in [0.3, 0.4) is 0 Å². The van der Waals surface area contributed by atoms with Gasteiger partial charge in [0.1, 0.15) is 0 Å². The molecule has 0 saturated carbocycles. The van der Waals surface area contributed by atoms with E-state index in [-0.39, 0.29) is 5.91 Å². The molecule has 2 aromatic heterocycles. The number of amides is 1. The number of thiophene rings is 1. The molecule has 1 amide bonds. The van der Waals surface area contributed by atoms with Crippen LogP contribution in [0, 0.1) is 0 Å². The summed E-state index contributed by atoms with van der Waals surface area (Å²) in [5, 5.41) is 4.94. The van der Waals surface area contributed by atoms with Gasteiger partial charge in [-0.2, -0.15) is 0 Å². The maximum atomic E-state index is 11.8. The van der Waals surface area contributed by atoms with Crippen molar-refractivity contribution in [3.63, 3.8) is 0 Å². The number of aromatic nitrogens is 2. The summed E-state index contributed by atoms with van der Waals surface area (Å²) in [7, 11) is 0. The van der Waals surface area contributed by atoms with Crippen LogP contribution in [-0.4, -0.2) is 22.4 Å². The highest BCUT2D eigenvalue weighted by molar-refractivity contribution is 7.10. The number of nitrogens with zero attached hydrogens (tertiary/aromatic N) is 1. The molecule has 0 atom stereocenters. The van der Waals surface area contributed by atoms with E-state index in [1.54, 1.807) is 17.7 Å². The molecule has 2 N–H and O–H groups in total. The van der Waals surface area contributed by atoms with Gasteiger partial charge in [-0.25, -0.2) is 4.98 Å². The molecule has 3 rings (SSSR count). The summed E-state index contributed by atoms with van der Waals surface area (Å²) in [6.07, 6.45) is 2.99. The fourth-order valence-electron chi connectivity index (χ4n) is 2.12. The largest absolute Gasteiger partial charge is 0.355 e. The number of H-pyrrole nitrogens is 1. The first-order valence-corrected chi connectivity index (χ1v) is 7.40. The second kappa shape index (κ2) is 5.88. The smallest absolute Gasteiger partial charge is 0.225 e. The minimum Gasteiger partial charge on any atom is -0.355 e. The van der Waals surface area contributed by atoms with Crippen LogP contribution in [0.2, 0.25) is 0 Å². The van der Waals surface area contributed by atoms with Crippen LogP contribution in [0.1, 0.15) is 10.4 Å². The van der Waals surface area contributed by atoms with E-state index in [9.17, 15) is 4.79 Å². The maximum Gasteiger partial charge on any atom is 0.225 e. The predicted octanol–water partition coefficient (Wildman–Crippen LogP) is 2.53. The Bertz CT molecular complexity index is 703. The van der Waals surface area contributed by atoms with Gasteiger partial charge in [0.05, 0.1) is 23.8 Å². The molecule has 0 aliphatic heterocycles. The molecule has 0 radical (unpaired) electrons. The predicted molar refractivity (Wildman–Crippen MR) is 80.8 cm³/mol. The number of hydrogen-bond donors (Lipinski definition) is 2. The molecule has 0 aliphatic carbocycles. The number of aromatic amines is 1. The van der Waals surface area contributed by atoms with E-state index in [0.717, 1.165) is 22.3 Å². The van der Waals surface area contributed by atoms with Crippen molar-refractivity contribution in [1.82, 2.24) is 15.3 Å². The third kappa shape index (κ3) is 3.05. The number of benzene rings is 1. The first kappa shape index (κ1) is 12.9. The van der Waals surface area contributed by atoms with Gasteiger partial charge in [-0.05, 0) is 35.6 Å². The molecule has 20 heavy (non-hydrogen) atoms. The molecular formula is C15H15N3OS. The average Bonchev–Trinajstić information content (AvgIpc) is 3.09. The van der Waals surface area contributed by atoms with Gasteiger partial charge < -0.3 is 10.3 Å². The first-order chi connectivity index (χ1) is 9.81. The monoisotopic (exact) mass is 285 g/mol. The number of rotatable bonds is 5. The first-order valence-electron chi connectivity index (χ1n) is 6.52. The standard InChI is InChI=1S/C15H15N3OS/c19-15(9-12-2-1-7-20-12)16-6-5-11-3-4-13-14(8-11)18-10-17-13/h1-4,7-8,10H,5-6,9H2,(H,16,19)(H,17,18). The Hall–Kier alpha value is -2.14. The molecule has 3 aromatic rings. The minimum atomic E-state index is 0.0788. The number of nitrogens with one attached hydrogen (secondary N) is 2. The minimum absolute atomic E-state index is 0.0788. The summed E-state index contributed by atoms with van der Waals surface area (Å²) < 4.78 is 0. The van der Waals surface area contributed by atoms with Crippen molar-refractivity contribution < 1.29 is 4.79 Å². The maximum absolute atomic E-state index is 11.8. The molecule has 102 valence electrons. The van der Waals surface area contributed by atoms with Gasteiger partial charge in [-0.1, -0.05) is 12.1 Å². The summed E-state index contributed by atoms with van der Waals surface area (Å²) in [4.78, 5) is 20.1. The molecule has 0 bridgehead atoms. The van der Waals surface area contributed by atoms with Gasteiger partial charge >= 0.3 is 0 Å². The Balaban J connectivity index is 1.50. The van der Waals surface area contributed by atoms with E-state index in [0.29, 0.717) is 13.0 Å².